The maximum absolute atomic E-state index is 12.9. The van der Waals surface area contributed by atoms with E-state index in [9.17, 15) is 9.18 Å². The molecule has 1 saturated heterocycles. The van der Waals surface area contributed by atoms with Gasteiger partial charge in [-0.2, -0.15) is 0 Å². The second-order valence-corrected chi connectivity index (χ2v) is 6.07. The molecule has 1 fully saturated rings. The molecule has 1 heterocycles. The molecule has 0 saturated carbocycles. The van der Waals surface area contributed by atoms with Crippen molar-refractivity contribution in [3.05, 3.63) is 30.1 Å². The van der Waals surface area contributed by atoms with Crippen molar-refractivity contribution in [3.63, 3.8) is 0 Å². The van der Waals surface area contributed by atoms with Crippen LogP contribution in [0.4, 0.5) is 4.39 Å². The molecule has 1 amide bonds. The monoisotopic (exact) mass is 338 g/mol. The second-order valence-electron chi connectivity index (χ2n) is 6.07. The third-order valence-electron chi connectivity index (χ3n) is 4.29. The molecule has 0 spiro atoms. The van der Waals surface area contributed by atoms with Crippen molar-refractivity contribution in [2.24, 2.45) is 5.92 Å². The summed E-state index contributed by atoms with van der Waals surface area (Å²) >= 11 is 0. The summed E-state index contributed by atoms with van der Waals surface area (Å²) in [7, 11) is 1.63. The third-order valence-corrected chi connectivity index (χ3v) is 4.29. The Balaban J connectivity index is 1.75. The predicted octanol–water partition coefficient (Wildman–Crippen LogP) is 2.07. The van der Waals surface area contributed by atoms with E-state index in [1.807, 2.05) is 0 Å². The number of halogens is 1. The molecule has 24 heavy (non-hydrogen) atoms. The number of rotatable bonds is 10. The van der Waals surface area contributed by atoms with Crippen LogP contribution in [0.15, 0.2) is 24.3 Å². The fraction of sp³-hybridized carbons (Fsp3) is 0.611. The lowest BCUT2D eigenvalue weighted by Gasteiger charge is -2.23. The van der Waals surface area contributed by atoms with Gasteiger partial charge in [0.25, 0.3) is 0 Å². The molecule has 1 aromatic rings. The lowest BCUT2D eigenvalue weighted by Crippen LogP contribution is -2.37. The van der Waals surface area contributed by atoms with Gasteiger partial charge in [0.05, 0.1) is 13.2 Å². The Labute approximate surface area is 143 Å². The van der Waals surface area contributed by atoms with Gasteiger partial charge in [-0.3, -0.25) is 4.79 Å². The molecule has 1 atom stereocenters. The van der Waals surface area contributed by atoms with Crippen molar-refractivity contribution in [3.8, 4) is 5.75 Å². The summed E-state index contributed by atoms with van der Waals surface area (Å²) < 4.78 is 23.5. The predicted molar refractivity (Wildman–Crippen MR) is 90.6 cm³/mol. The average Bonchev–Trinajstić information content (AvgIpc) is 3.11. The average molecular weight is 338 g/mol. The summed E-state index contributed by atoms with van der Waals surface area (Å²) in [6.45, 7) is 4.02. The number of hydrogen-bond donors (Lipinski definition) is 1. The number of amides is 1. The fourth-order valence-corrected chi connectivity index (χ4v) is 2.81. The zero-order valence-electron chi connectivity index (χ0n) is 14.3. The van der Waals surface area contributed by atoms with E-state index in [2.05, 4.69) is 5.32 Å². The molecule has 2 rings (SSSR count). The van der Waals surface area contributed by atoms with Crippen LogP contribution in [0.1, 0.15) is 19.3 Å². The number of nitrogens with zero attached hydrogens (tertiary/aromatic N) is 1. The lowest BCUT2D eigenvalue weighted by molar-refractivity contribution is -0.132. The second kappa shape index (κ2) is 10.3. The molecule has 0 aromatic heterocycles. The number of nitrogens with one attached hydrogen (secondary N) is 1. The van der Waals surface area contributed by atoms with E-state index >= 15 is 0 Å². The lowest BCUT2D eigenvalue weighted by atomic mass is 10.0. The van der Waals surface area contributed by atoms with Gasteiger partial charge in [-0.15, -0.1) is 0 Å². The van der Waals surface area contributed by atoms with Gasteiger partial charge >= 0.3 is 0 Å². The Morgan fingerprint density at radius 1 is 1.29 bits per heavy atom. The number of carbonyl (C=O) groups is 1. The fourth-order valence-electron chi connectivity index (χ4n) is 2.81. The minimum absolute atomic E-state index is 0.140. The van der Waals surface area contributed by atoms with Gasteiger partial charge in [0.1, 0.15) is 18.2 Å². The standard InChI is InChI=1S/C18H27FN2O3/c1-23-12-10-21(18(22)7-2-15-8-9-20-14-15)11-13-24-17-5-3-16(19)4-6-17/h3-6,15,20H,2,7-14H2,1H3. The number of benzene rings is 1. The van der Waals surface area contributed by atoms with Crippen LogP contribution in [-0.2, 0) is 9.53 Å². The number of ether oxygens (including phenoxy) is 2. The van der Waals surface area contributed by atoms with E-state index in [-0.39, 0.29) is 11.7 Å². The highest BCUT2D eigenvalue weighted by atomic mass is 19.1. The van der Waals surface area contributed by atoms with Gasteiger partial charge in [-0.25, -0.2) is 4.39 Å². The van der Waals surface area contributed by atoms with Crippen molar-refractivity contribution in [2.75, 3.05) is 46.5 Å². The summed E-state index contributed by atoms with van der Waals surface area (Å²) in [5.41, 5.74) is 0. The Morgan fingerprint density at radius 2 is 2.04 bits per heavy atom. The highest BCUT2D eigenvalue weighted by molar-refractivity contribution is 5.76. The van der Waals surface area contributed by atoms with E-state index in [4.69, 9.17) is 9.47 Å². The first kappa shape index (κ1) is 18.7. The molecule has 1 aromatic carbocycles. The molecule has 1 unspecified atom stereocenters. The van der Waals surface area contributed by atoms with Crippen LogP contribution in [0.2, 0.25) is 0 Å². The summed E-state index contributed by atoms with van der Waals surface area (Å²) in [4.78, 5) is 14.2. The number of methoxy groups -OCH3 is 1. The van der Waals surface area contributed by atoms with E-state index < -0.39 is 0 Å². The van der Waals surface area contributed by atoms with Crippen molar-refractivity contribution < 1.29 is 18.7 Å². The topological polar surface area (TPSA) is 50.8 Å². The first-order valence-electron chi connectivity index (χ1n) is 8.55. The van der Waals surface area contributed by atoms with Gasteiger partial charge in [-0.05, 0) is 56.1 Å². The Kier molecular flexibility index (Phi) is 7.98. The molecule has 1 N–H and O–H groups in total. The van der Waals surface area contributed by atoms with Crippen molar-refractivity contribution in [2.45, 2.75) is 19.3 Å². The molecule has 1 aliphatic rings. The zero-order chi connectivity index (χ0) is 17.2. The quantitative estimate of drug-likeness (QED) is 0.710. The number of hydrogen-bond acceptors (Lipinski definition) is 4. The molecule has 134 valence electrons. The maximum Gasteiger partial charge on any atom is 0.222 e. The molecule has 0 aliphatic carbocycles. The van der Waals surface area contributed by atoms with E-state index in [1.165, 1.54) is 12.1 Å². The minimum atomic E-state index is -0.291. The van der Waals surface area contributed by atoms with E-state index in [0.717, 1.165) is 25.9 Å². The summed E-state index contributed by atoms with van der Waals surface area (Å²) in [6, 6.07) is 5.89. The van der Waals surface area contributed by atoms with Gasteiger partial charge in [-0.1, -0.05) is 0 Å². The van der Waals surface area contributed by atoms with Crippen LogP contribution in [0.25, 0.3) is 0 Å². The highest BCUT2D eigenvalue weighted by Gasteiger charge is 2.18. The van der Waals surface area contributed by atoms with Crippen LogP contribution in [-0.4, -0.2) is 57.3 Å². The van der Waals surface area contributed by atoms with Crippen LogP contribution < -0.4 is 10.1 Å². The summed E-state index contributed by atoms with van der Waals surface area (Å²) in [5.74, 6) is 1.06. The molecule has 5 nitrogen and oxygen atoms in total. The first-order chi connectivity index (χ1) is 11.7. The van der Waals surface area contributed by atoms with Crippen LogP contribution in [0, 0.1) is 11.7 Å². The minimum Gasteiger partial charge on any atom is -0.492 e. The molecule has 1 aliphatic heterocycles. The largest absolute Gasteiger partial charge is 0.492 e. The van der Waals surface area contributed by atoms with E-state index in [1.54, 1.807) is 24.1 Å². The van der Waals surface area contributed by atoms with Gasteiger partial charge < -0.3 is 19.7 Å². The maximum atomic E-state index is 12.9. The Morgan fingerprint density at radius 3 is 2.71 bits per heavy atom. The summed E-state index contributed by atoms with van der Waals surface area (Å²) in [6.07, 6.45) is 2.64. The highest BCUT2D eigenvalue weighted by Crippen LogP contribution is 2.15. The Bertz CT molecular complexity index is 490. The molecule has 0 radical (unpaired) electrons. The van der Waals surface area contributed by atoms with Gasteiger partial charge in [0.15, 0.2) is 0 Å². The number of carbonyl (C=O) groups excluding carboxylic acids is 1. The van der Waals surface area contributed by atoms with E-state index in [0.29, 0.717) is 44.4 Å². The molecule has 0 bridgehead atoms. The molecular formula is C18H27FN2O3. The zero-order valence-corrected chi connectivity index (χ0v) is 14.3. The van der Waals surface area contributed by atoms with Crippen LogP contribution in [0.3, 0.4) is 0 Å². The van der Waals surface area contributed by atoms with Crippen LogP contribution in [0.5, 0.6) is 5.75 Å². The van der Waals surface area contributed by atoms with Crippen molar-refractivity contribution in [1.82, 2.24) is 10.2 Å². The van der Waals surface area contributed by atoms with Gasteiger partial charge in [0.2, 0.25) is 5.91 Å². The first-order valence-corrected chi connectivity index (χ1v) is 8.55. The molecule has 6 heteroatoms. The van der Waals surface area contributed by atoms with Gasteiger partial charge in [0, 0.05) is 20.1 Å². The summed E-state index contributed by atoms with van der Waals surface area (Å²) in [5, 5.41) is 3.32. The Hall–Kier alpha value is -1.66. The smallest absolute Gasteiger partial charge is 0.222 e. The third kappa shape index (κ3) is 6.45. The van der Waals surface area contributed by atoms with Crippen molar-refractivity contribution in [1.29, 1.82) is 0 Å². The van der Waals surface area contributed by atoms with Crippen molar-refractivity contribution >= 4 is 5.91 Å². The normalized spacial score (nSPS) is 17.0. The SMILES string of the molecule is COCCN(CCOc1ccc(F)cc1)C(=O)CCC1CCNC1. The van der Waals surface area contributed by atoms with Crippen LogP contribution >= 0.6 is 0 Å². The molecular weight excluding hydrogens is 311 g/mol.